The molecule has 2 aromatic rings. The second-order valence-corrected chi connectivity index (χ2v) is 7.07. The Morgan fingerprint density at radius 1 is 0.870 bits per heavy atom. The van der Waals surface area contributed by atoms with Crippen molar-refractivity contribution in [3.63, 3.8) is 0 Å². The fourth-order valence-electron chi connectivity index (χ4n) is 2.11. The summed E-state index contributed by atoms with van der Waals surface area (Å²) in [6.07, 6.45) is 0. The predicted octanol–water partition coefficient (Wildman–Crippen LogP) is 3.82. The molecule has 0 saturated carbocycles. The van der Waals surface area contributed by atoms with Gasteiger partial charge in [0.05, 0.1) is 0 Å². The summed E-state index contributed by atoms with van der Waals surface area (Å²) in [5.74, 6) is -0.722. The molecular formula is C18H19BrN2O2. The summed E-state index contributed by atoms with van der Waals surface area (Å²) in [7, 11) is 0. The van der Waals surface area contributed by atoms with Crippen molar-refractivity contribution < 1.29 is 9.59 Å². The van der Waals surface area contributed by atoms with Gasteiger partial charge in [0.15, 0.2) is 0 Å². The number of hydrogen-bond acceptors (Lipinski definition) is 2. The Kier molecular flexibility index (Phi) is 5.21. The molecular weight excluding hydrogens is 356 g/mol. The van der Waals surface area contributed by atoms with Crippen molar-refractivity contribution in [1.29, 1.82) is 0 Å². The summed E-state index contributed by atoms with van der Waals surface area (Å²) in [4.78, 5) is 24.0. The highest BCUT2D eigenvalue weighted by molar-refractivity contribution is 9.10. The first-order chi connectivity index (χ1) is 10.8. The van der Waals surface area contributed by atoms with Crippen LogP contribution in [0.3, 0.4) is 0 Å². The molecule has 4 nitrogen and oxygen atoms in total. The molecule has 2 rings (SSSR count). The Balaban J connectivity index is 2.04. The number of carbonyl (C=O) groups is 2. The number of hydrazine groups is 1. The van der Waals surface area contributed by atoms with Gasteiger partial charge in [-0.15, -0.1) is 0 Å². The van der Waals surface area contributed by atoms with Crippen LogP contribution in [0.15, 0.2) is 53.0 Å². The minimum Gasteiger partial charge on any atom is -0.267 e. The second kappa shape index (κ2) is 6.96. The summed E-state index contributed by atoms with van der Waals surface area (Å²) in [5, 5.41) is 0. The van der Waals surface area contributed by atoms with E-state index >= 15 is 0 Å². The number of carbonyl (C=O) groups excluding carboxylic acids is 2. The molecule has 5 heteroatoms. The van der Waals surface area contributed by atoms with E-state index < -0.39 is 0 Å². The topological polar surface area (TPSA) is 58.2 Å². The van der Waals surface area contributed by atoms with Crippen LogP contribution in [0, 0.1) is 0 Å². The zero-order chi connectivity index (χ0) is 17.0. The van der Waals surface area contributed by atoms with E-state index in [2.05, 4.69) is 47.6 Å². The van der Waals surface area contributed by atoms with E-state index in [1.165, 1.54) is 0 Å². The van der Waals surface area contributed by atoms with Crippen LogP contribution in [0.25, 0.3) is 0 Å². The van der Waals surface area contributed by atoms with Crippen LogP contribution in [0.5, 0.6) is 0 Å². The van der Waals surface area contributed by atoms with E-state index in [1.807, 2.05) is 12.1 Å². The molecule has 23 heavy (non-hydrogen) atoms. The number of nitrogens with one attached hydrogen (secondary N) is 2. The van der Waals surface area contributed by atoms with Gasteiger partial charge in [-0.05, 0) is 35.2 Å². The lowest BCUT2D eigenvalue weighted by molar-refractivity contribution is 0.0846. The van der Waals surface area contributed by atoms with Gasteiger partial charge in [-0.2, -0.15) is 0 Å². The van der Waals surface area contributed by atoms with Crippen LogP contribution in [-0.4, -0.2) is 11.8 Å². The van der Waals surface area contributed by atoms with Gasteiger partial charge in [-0.1, -0.05) is 61.0 Å². The molecule has 0 aliphatic rings. The van der Waals surface area contributed by atoms with Crippen LogP contribution >= 0.6 is 15.9 Å². The standard InChI is InChI=1S/C18H19BrN2O2/c1-18(2,3)14-10-9-13(11-15(14)19)17(23)21-20-16(22)12-7-5-4-6-8-12/h4-11H,1-3H3,(H,20,22)(H,21,23). The van der Waals surface area contributed by atoms with Crippen LogP contribution < -0.4 is 10.9 Å². The van der Waals surface area contributed by atoms with Gasteiger partial charge >= 0.3 is 0 Å². The van der Waals surface area contributed by atoms with Gasteiger partial charge < -0.3 is 0 Å². The SMILES string of the molecule is CC(C)(C)c1ccc(C(=O)NNC(=O)c2ccccc2)cc1Br. The molecule has 0 bridgehead atoms. The molecule has 0 fully saturated rings. The fourth-order valence-corrected chi connectivity index (χ4v) is 3.09. The van der Waals surface area contributed by atoms with E-state index in [4.69, 9.17) is 0 Å². The number of hydrogen-bond donors (Lipinski definition) is 2. The summed E-state index contributed by atoms with van der Waals surface area (Å²) in [5.41, 5.74) is 6.88. The summed E-state index contributed by atoms with van der Waals surface area (Å²) < 4.78 is 0.868. The third-order valence-electron chi connectivity index (χ3n) is 3.36. The van der Waals surface area contributed by atoms with E-state index in [0.717, 1.165) is 10.0 Å². The molecule has 2 N–H and O–H groups in total. The van der Waals surface area contributed by atoms with Crippen molar-refractivity contribution >= 4 is 27.7 Å². The highest BCUT2D eigenvalue weighted by atomic mass is 79.9. The van der Waals surface area contributed by atoms with Crippen molar-refractivity contribution in [3.05, 3.63) is 69.7 Å². The van der Waals surface area contributed by atoms with Crippen molar-refractivity contribution in [3.8, 4) is 0 Å². The molecule has 0 aliphatic heterocycles. The largest absolute Gasteiger partial charge is 0.269 e. The third-order valence-corrected chi connectivity index (χ3v) is 4.02. The lowest BCUT2D eigenvalue weighted by Crippen LogP contribution is -2.41. The van der Waals surface area contributed by atoms with Gasteiger partial charge in [-0.25, -0.2) is 0 Å². The predicted molar refractivity (Wildman–Crippen MR) is 94.2 cm³/mol. The number of benzene rings is 2. The Bertz CT molecular complexity index is 722. The first-order valence-electron chi connectivity index (χ1n) is 7.25. The molecule has 0 atom stereocenters. The van der Waals surface area contributed by atoms with E-state index in [0.29, 0.717) is 11.1 Å². The molecule has 0 unspecified atom stereocenters. The molecule has 120 valence electrons. The minimum absolute atomic E-state index is 0.0185. The Morgan fingerprint density at radius 3 is 1.96 bits per heavy atom. The molecule has 2 amide bonds. The van der Waals surface area contributed by atoms with E-state index in [9.17, 15) is 9.59 Å². The summed E-state index contributed by atoms with van der Waals surface area (Å²) in [6.45, 7) is 6.31. The van der Waals surface area contributed by atoms with Crippen LogP contribution in [0.2, 0.25) is 0 Å². The van der Waals surface area contributed by atoms with Crippen LogP contribution in [0.1, 0.15) is 47.1 Å². The number of halogens is 1. The molecule has 0 aromatic heterocycles. The molecule has 0 heterocycles. The zero-order valence-corrected chi connectivity index (χ0v) is 14.9. The molecule has 0 aliphatic carbocycles. The zero-order valence-electron chi connectivity index (χ0n) is 13.3. The van der Waals surface area contributed by atoms with Gasteiger partial charge in [0.25, 0.3) is 11.8 Å². The molecule has 0 radical (unpaired) electrons. The molecule has 0 saturated heterocycles. The van der Waals surface area contributed by atoms with E-state index in [-0.39, 0.29) is 17.2 Å². The quantitative estimate of drug-likeness (QED) is 0.784. The van der Waals surface area contributed by atoms with Crippen LogP contribution in [-0.2, 0) is 5.41 Å². The highest BCUT2D eigenvalue weighted by Gasteiger charge is 2.18. The Hall–Kier alpha value is -2.14. The summed E-state index contributed by atoms with van der Waals surface area (Å²) in [6, 6.07) is 14.1. The maximum atomic E-state index is 12.1. The first kappa shape index (κ1) is 17.2. The van der Waals surface area contributed by atoms with Crippen molar-refractivity contribution in [2.75, 3.05) is 0 Å². The number of rotatable bonds is 2. The maximum absolute atomic E-state index is 12.1. The second-order valence-electron chi connectivity index (χ2n) is 6.22. The monoisotopic (exact) mass is 374 g/mol. The summed E-state index contributed by atoms with van der Waals surface area (Å²) >= 11 is 3.50. The van der Waals surface area contributed by atoms with Gasteiger partial charge in [0.1, 0.15) is 0 Å². The Morgan fingerprint density at radius 2 is 1.43 bits per heavy atom. The lowest BCUT2D eigenvalue weighted by atomic mass is 9.86. The lowest BCUT2D eigenvalue weighted by Gasteiger charge is -2.21. The fraction of sp³-hybridized carbons (Fsp3) is 0.222. The smallest absolute Gasteiger partial charge is 0.267 e. The first-order valence-corrected chi connectivity index (χ1v) is 8.04. The van der Waals surface area contributed by atoms with Gasteiger partial charge in [-0.3, -0.25) is 20.4 Å². The van der Waals surface area contributed by atoms with Gasteiger partial charge in [0, 0.05) is 15.6 Å². The molecule has 2 aromatic carbocycles. The van der Waals surface area contributed by atoms with Gasteiger partial charge in [0.2, 0.25) is 0 Å². The maximum Gasteiger partial charge on any atom is 0.269 e. The van der Waals surface area contributed by atoms with Crippen molar-refractivity contribution in [2.45, 2.75) is 26.2 Å². The minimum atomic E-state index is -0.365. The third kappa shape index (κ3) is 4.42. The normalized spacial score (nSPS) is 11.0. The van der Waals surface area contributed by atoms with Crippen molar-refractivity contribution in [2.24, 2.45) is 0 Å². The Labute approximate surface area is 144 Å². The van der Waals surface area contributed by atoms with Crippen LogP contribution in [0.4, 0.5) is 0 Å². The number of amides is 2. The average Bonchev–Trinajstić information content (AvgIpc) is 2.51. The highest BCUT2D eigenvalue weighted by Crippen LogP contribution is 2.30. The molecule has 0 spiro atoms. The average molecular weight is 375 g/mol. The van der Waals surface area contributed by atoms with E-state index in [1.54, 1.807) is 36.4 Å². The van der Waals surface area contributed by atoms with Crippen molar-refractivity contribution in [1.82, 2.24) is 10.9 Å².